The number of carbonyl (C=O) groups excluding carboxylic acids is 1. The number of guanidine groups is 1. The first kappa shape index (κ1) is 31.1. The average Bonchev–Trinajstić information content (AvgIpc) is 3.36. The molecule has 3 rings (SSSR count). The predicted octanol–water partition coefficient (Wildman–Crippen LogP) is 4.30. The molecule has 2 heterocycles. The van der Waals surface area contributed by atoms with E-state index in [2.05, 4.69) is 37.3 Å². The summed E-state index contributed by atoms with van der Waals surface area (Å²) in [6.07, 6.45) is -2.10. The molecule has 1 aliphatic heterocycles. The van der Waals surface area contributed by atoms with Gasteiger partial charge in [0, 0.05) is 43.4 Å². The Kier molecular flexibility index (Phi) is 9.38. The van der Waals surface area contributed by atoms with Crippen molar-refractivity contribution in [1.82, 2.24) is 15.0 Å². The van der Waals surface area contributed by atoms with Gasteiger partial charge in [0.25, 0.3) is 5.91 Å². The number of benzene rings is 1. The van der Waals surface area contributed by atoms with Gasteiger partial charge in [-0.25, -0.2) is 9.98 Å². The lowest BCUT2D eigenvalue weighted by Gasteiger charge is -2.23. The fourth-order valence-corrected chi connectivity index (χ4v) is 3.51. The highest BCUT2D eigenvalue weighted by Gasteiger charge is 2.34. The summed E-state index contributed by atoms with van der Waals surface area (Å²) in [5, 5.41) is 8.94. The Morgan fingerprint density at radius 2 is 1.85 bits per heavy atom. The topological polar surface area (TPSA) is 137 Å². The van der Waals surface area contributed by atoms with Crippen molar-refractivity contribution < 1.29 is 22.5 Å². The van der Waals surface area contributed by atoms with E-state index in [-0.39, 0.29) is 34.0 Å². The maximum absolute atomic E-state index is 13.9. The van der Waals surface area contributed by atoms with E-state index in [4.69, 9.17) is 10.3 Å². The fraction of sp³-hybridized carbons (Fsp3) is 0.370. The molecule has 0 saturated heterocycles. The number of allylic oxidation sites excluding steroid dienone is 1. The Morgan fingerprint density at radius 3 is 2.44 bits per heavy atom. The fourth-order valence-electron chi connectivity index (χ4n) is 3.51. The number of nitrogens with zero attached hydrogens (tertiary/aromatic N) is 6. The first-order valence-corrected chi connectivity index (χ1v) is 12.5. The molecule has 0 unspecified atom stereocenters. The number of nitrogens with one attached hydrogen (secondary N) is 2. The van der Waals surface area contributed by atoms with Gasteiger partial charge < -0.3 is 30.7 Å². The normalized spacial score (nSPS) is 16.0. The quantitative estimate of drug-likeness (QED) is 0.428. The summed E-state index contributed by atoms with van der Waals surface area (Å²) in [7, 11) is 5.62. The Hall–Kier alpha value is -4.46. The summed E-state index contributed by atoms with van der Waals surface area (Å²) < 4.78 is 47.1. The molecule has 0 spiro atoms. The molecule has 1 aromatic heterocycles. The van der Waals surface area contributed by atoms with Crippen LogP contribution in [0.5, 0.6) is 0 Å². The zero-order valence-corrected chi connectivity index (χ0v) is 23.8. The second-order valence-corrected chi connectivity index (χ2v) is 10.5. The van der Waals surface area contributed by atoms with Crippen molar-refractivity contribution in [2.45, 2.75) is 32.4 Å². The molecule has 0 bridgehead atoms. The van der Waals surface area contributed by atoms with Gasteiger partial charge in [0.2, 0.25) is 5.96 Å². The molecule has 41 heavy (non-hydrogen) atoms. The lowest BCUT2D eigenvalue weighted by atomic mass is 9.93. The number of aromatic nitrogens is 1. The van der Waals surface area contributed by atoms with Crippen LogP contribution in [0.1, 0.15) is 42.5 Å². The van der Waals surface area contributed by atoms with E-state index in [1.807, 2.05) is 39.8 Å². The molecule has 0 radical (unpaired) electrons. The summed E-state index contributed by atoms with van der Waals surface area (Å²) in [4.78, 5) is 29.5. The van der Waals surface area contributed by atoms with Crippen molar-refractivity contribution in [1.29, 1.82) is 0 Å². The van der Waals surface area contributed by atoms with E-state index in [9.17, 15) is 18.0 Å². The molecular formula is C27H34F3N9O2. The third kappa shape index (κ3) is 8.03. The molecule has 1 amide bonds. The number of alkyl halides is 3. The van der Waals surface area contributed by atoms with Crippen molar-refractivity contribution in [3.8, 4) is 0 Å². The van der Waals surface area contributed by atoms with Crippen molar-refractivity contribution in [3.63, 3.8) is 0 Å². The predicted molar refractivity (Wildman–Crippen MR) is 154 cm³/mol. The number of rotatable bonds is 8. The van der Waals surface area contributed by atoms with E-state index in [1.165, 1.54) is 12.4 Å². The van der Waals surface area contributed by atoms with Gasteiger partial charge in [-0.2, -0.15) is 13.2 Å². The lowest BCUT2D eigenvalue weighted by Crippen LogP contribution is -2.35. The van der Waals surface area contributed by atoms with Gasteiger partial charge in [-0.3, -0.25) is 9.79 Å². The Balaban J connectivity index is 1.98. The van der Waals surface area contributed by atoms with Crippen molar-refractivity contribution in [2.75, 3.05) is 44.9 Å². The molecule has 0 saturated carbocycles. The first-order valence-electron chi connectivity index (χ1n) is 12.5. The highest BCUT2D eigenvalue weighted by Crippen LogP contribution is 2.36. The molecule has 1 aromatic carbocycles. The van der Waals surface area contributed by atoms with Crippen molar-refractivity contribution >= 4 is 35.3 Å². The van der Waals surface area contributed by atoms with Crippen LogP contribution >= 0.6 is 0 Å². The molecule has 4 N–H and O–H groups in total. The number of hydrogen-bond donors (Lipinski definition) is 3. The van der Waals surface area contributed by atoms with Gasteiger partial charge in [0.15, 0.2) is 5.82 Å². The summed E-state index contributed by atoms with van der Waals surface area (Å²) in [6.45, 7) is 10.6. The molecule has 0 fully saturated rings. The number of nitrogens with two attached hydrogens (primary N) is 1. The summed E-state index contributed by atoms with van der Waals surface area (Å²) in [5.74, 6) is 0.0270. The largest absolute Gasteiger partial charge is 0.418 e. The molecule has 1 aliphatic rings. The number of likely N-dealkylation sites (N-methyl/N-ethyl adjacent to an activating group) is 2. The van der Waals surface area contributed by atoms with Gasteiger partial charge in [0.1, 0.15) is 23.0 Å². The van der Waals surface area contributed by atoms with Gasteiger partial charge in [-0.1, -0.05) is 32.5 Å². The van der Waals surface area contributed by atoms with Gasteiger partial charge >= 0.3 is 6.18 Å². The minimum absolute atomic E-state index is 0.0619. The van der Waals surface area contributed by atoms with E-state index in [1.54, 1.807) is 18.0 Å². The van der Waals surface area contributed by atoms with Crippen LogP contribution in [0.2, 0.25) is 0 Å². The second kappa shape index (κ2) is 12.4. The summed E-state index contributed by atoms with van der Waals surface area (Å²) in [5.41, 5.74) is 4.60. The second-order valence-electron chi connectivity index (χ2n) is 10.5. The summed E-state index contributed by atoms with van der Waals surface area (Å²) >= 11 is 0. The SMILES string of the molecule is C=C/N=C1/C=NC(N(C)CCN(C)C)=N/C1=C(/N)Nc1cc(C(=O)Nc2cc(C(C)(C)C)on2)ccc1C(F)(F)F. The smallest absolute Gasteiger partial charge is 0.383 e. The maximum Gasteiger partial charge on any atom is 0.418 e. The monoisotopic (exact) mass is 573 g/mol. The van der Waals surface area contributed by atoms with Crippen LogP contribution in [0.3, 0.4) is 0 Å². The number of halogens is 3. The molecule has 2 aromatic rings. The number of hydrogen-bond acceptors (Lipinski definition) is 10. The number of carbonyl (C=O) groups is 1. The average molecular weight is 574 g/mol. The molecule has 0 atom stereocenters. The minimum atomic E-state index is -4.75. The zero-order valence-electron chi connectivity index (χ0n) is 23.8. The van der Waals surface area contributed by atoms with Crippen LogP contribution in [0.15, 0.2) is 68.1 Å². The van der Waals surface area contributed by atoms with Crippen LogP contribution in [0.4, 0.5) is 24.7 Å². The van der Waals surface area contributed by atoms with Crippen molar-refractivity contribution in [3.05, 3.63) is 65.4 Å². The molecular weight excluding hydrogens is 539 g/mol. The Morgan fingerprint density at radius 1 is 1.15 bits per heavy atom. The van der Waals surface area contributed by atoms with Crippen molar-refractivity contribution in [2.24, 2.45) is 20.7 Å². The third-order valence-electron chi connectivity index (χ3n) is 5.81. The molecule has 14 heteroatoms. The van der Waals surface area contributed by atoms with E-state index < -0.39 is 23.3 Å². The van der Waals surface area contributed by atoms with Crippen LogP contribution in [-0.4, -0.2) is 73.0 Å². The standard InChI is InChI=1S/C27H34F3N9O2/c1-8-32-19-15-33-25(39(7)12-11-38(5)6)36-22(19)23(31)34-18-13-16(9-10-17(18)27(28,29)30)24(40)35-21-14-20(41-37-21)26(2,3)4/h8-10,13-15,34H,1,11-12,31H2,2-7H3,(H,35,37,40)/b23-22-,32-19-. The van der Waals surface area contributed by atoms with E-state index >= 15 is 0 Å². The molecule has 11 nitrogen and oxygen atoms in total. The minimum Gasteiger partial charge on any atom is -0.383 e. The number of anilines is 2. The lowest BCUT2D eigenvalue weighted by molar-refractivity contribution is -0.136. The third-order valence-corrected chi connectivity index (χ3v) is 5.81. The highest BCUT2D eigenvalue weighted by molar-refractivity contribution is 6.41. The number of aliphatic imine (C=N–C) groups is 3. The first-order chi connectivity index (χ1) is 19.1. The maximum atomic E-state index is 13.9. The van der Waals surface area contributed by atoms with Crippen LogP contribution < -0.4 is 16.4 Å². The van der Waals surface area contributed by atoms with Crippen LogP contribution in [0.25, 0.3) is 0 Å². The zero-order chi connectivity index (χ0) is 30.5. The number of amides is 1. The van der Waals surface area contributed by atoms with Gasteiger partial charge in [0.05, 0.1) is 17.5 Å². The van der Waals surface area contributed by atoms with Crippen LogP contribution in [0, 0.1) is 0 Å². The van der Waals surface area contributed by atoms with Gasteiger partial charge in [-0.05, 0) is 32.3 Å². The molecule has 220 valence electrons. The van der Waals surface area contributed by atoms with E-state index in [0.29, 0.717) is 24.8 Å². The van der Waals surface area contributed by atoms with Crippen LogP contribution in [-0.2, 0) is 11.6 Å². The highest BCUT2D eigenvalue weighted by atomic mass is 19.4. The summed E-state index contributed by atoms with van der Waals surface area (Å²) in [6, 6.07) is 4.46. The molecule has 0 aliphatic carbocycles. The Labute approximate surface area is 236 Å². The van der Waals surface area contributed by atoms with Gasteiger partial charge in [-0.15, -0.1) is 0 Å². The van der Waals surface area contributed by atoms with E-state index in [0.717, 1.165) is 18.2 Å². The Bertz CT molecular complexity index is 1410.